The molecule has 0 aromatic heterocycles. The molecule has 1 unspecified atom stereocenters. The van der Waals surface area contributed by atoms with Gasteiger partial charge in [0.25, 0.3) is 0 Å². The SMILES string of the molecule is OCC(c1ccc(C(F)(F)F)cc1)N(Cc1cccc(SC(F)(F)F)c1)c1cccc(OCc2cccc(C(F)(F)F)c2)c1. The van der Waals surface area contributed by atoms with Crippen LogP contribution in [0, 0.1) is 0 Å². The maximum Gasteiger partial charge on any atom is 0.446 e. The average molecular weight is 646 g/mol. The molecule has 4 aromatic carbocycles. The van der Waals surface area contributed by atoms with Gasteiger partial charge in [-0.05, 0) is 77.0 Å². The molecule has 0 aliphatic rings. The van der Waals surface area contributed by atoms with E-state index in [4.69, 9.17) is 4.74 Å². The summed E-state index contributed by atoms with van der Waals surface area (Å²) in [6.07, 6.45) is -9.13. The molecule has 0 fully saturated rings. The maximum atomic E-state index is 13.2. The number of alkyl halides is 9. The molecule has 13 heteroatoms. The number of aliphatic hydroxyl groups is 1. The Balaban J connectivity index is 1.67. The minimum atomic E-state index is -4.59. The van der Waals surface area contributed by atoms with Crippen LogP contribution in [0.25, 0.3) is 0 Å². The molecule has 1 N–H and O–H groups in total. The minimum Gasteiger partial charge on any atom is -0.489 e. The summed E-state index contributed by atoms with van der Waals surface area (Å²) in [5, 5.41) is 10.4. The lowest BCUT2D eigenvalue weighted by Crippen LogP contribution is -2.31. The predicted octanol–water partition coefficient (Wildman–Crippen LogP) is 9.66. The Morgan fingerprint density at radius 1 is 0.682 bits per heavy atom. The zero-order valence-electron chi connectivity index (χ0n) is 22.5. The molecule has 0 aliphatic carbocycles. The Labute approximate surface area is 250 Å². The fraction of sp³-hybridized carbons (Fsp3) is 0.226. The van der Waals surface area contributed by atoms with E-state index < -0.39 is 41.6 Å². The van der Waals surface area contributed by atoms with Crippen LogP contribution in [0.5, 0.6) is 5.75 Å². The summed E-state index contributed by atoms with van der Waals surface area (Å²) in [5.74, 6) is 0.232. The van der Waals surface area contributed by atoms with Gasteiger partial charge in [-0.25, -0.2) is 0 Å². The maximum absolute atomic E-state index is 13.2. The van der Waals surface area contributed by atoms with Gasteiger partial charge in [0.1, 0.15) is 12.4 Å². The van der Waals surface area contributed by atoms with E-state index in [0.29, 0.717) is 16.8 Å². The summed E-state index contributed by atoms with van der Waals surface area (Å²) in [7, 11) is 0. The number of thioether (sulfide) groups is 1. The second kappa shape index (κ2) is 13.4. The molecule has 0 spiro atoms. The Kier molecular flexibility index (Phi) is 10.1. The molecule has 0 saturated carbocycles. The lowest BCUT2D eigenvalue weighted by Gasteiger charge is -2.33. The third-order valence-corrected chi connectivity index (χ3v) is 7.19. The Bertz CT molecular complexity index is 1540. The van der Waals surface area contributed by atoms with E-state index in [1.54, 1.807) is 29.2 Å². The lowest BCUT2D eigenvalue weighted by atomic mass is 10.0. The molecule has 3 nitrogen and oxygen atoms in total. The number of rotatable bonds is 10. The van der Waals surface area contributed by atoms with Gasteiger partial charge in [-0.2, -0.15) is 39.5 Å². The molecule has 0 bridgehead atoms. The zero-order valence-corrected chi connectivity index (χ0v) is 23.4. The van der Waals surface area contributed by atoms with Crippen LogP contribution < -0.4 is 9.64 Å². The summed E-state index contributed by atoms with van der Waals surface area (Å²) >= 11 is -0.303. The van der Waals surface area contributed by atoms with Crippen molar-refractivity contribution < 1.29 is 49.4 Å². The van der Waals surface area contributed by atoms with Gasteiger partial charge in [0.2, 0.25) is 0 Å². The standard InChI is InChI=1S/C31H24F9NO2S/c32-29(33,34)23-12-10-22(11-13-23)28(18-42)41(17-20-4-2-9-27(15-20)44-31(38,39)40)25-7-3-8-26(16-25)43-19-21-5-1-6-24(14-21)30(35,36)37/h1-16,28,42H,17-19H2. The van der Waals surface area contributed by atoms with Crippen molar-refractivity contribution in [3.8, 4) is 5.75 Å². The van der Waals surface area contributed by atoms with Crippen molar-refractivity contribution in [1.29, 1.82) is 0 Å². The van der Waals surface area contributed by atoms with E-state index in [9.17, 15) is 44.6 Å². The first kappa shape index (κ1) is 33.1. The molecule has 0 radical (unpaired) electrons. The van der Waals surface area contributed by atoms with Gasteiger partial charge >= 0.3 is 17.9 Å². The van der Waals surface area contributed by atoms with Gasteiger partial charge in [0.05, 0.1) is 23.8 Å². The van der Waals surface area contributed by atoms with Gasteiger partial charge in [-0.3, -0.25) is 0 Å². The van der Waals surface area contributed by atoms with Crippen molar-refractivity contribution in [2.75, 3.05) is 11.5 Å². The van der Waals surface area contributed by atoms with Gasteiger partial charge in [0.15, 0.2) is 0 Å². The van der Waals surface area contributed by atoms with E-state index in [1.165, 1.54) is 48.5 Å². The molecule has 0 aliphatic heterocycles. The van der Waals surface area contributed by atoms with Crippen LogP contribution in [0.2, 0.25) is 0 Å². The minimum absolute atomic E-state index is 0.0599. The molecule has 44 heavy (non-hydrogen) atoms. The number of benzene rings is 4. The first-order valence-electron chi connectivity index (χ1n) is 12.9. The van der Waals surface area contributed by atoms with E-state index in [2.05, 4.69) is 0 Å². The molecule has 1 atom stereocenters. The molecule has 0 heterocycles. The zero-order chi connectivity index (χ0) is 32.1. The van der Waals surface area contributed by atoms with Crippen molar-refractivity contribution in [3.63, 3.8) is 0 Å². The highest BCUT2D eigenvalue weighted by atomic mass is 32.2. The van der Waals surface area contributed by atoms with Crippen LogP contribution in [0.4, 0.5) is 45.2 Å². The number of hydrogen-bond donors (Lipinski definition) is 1. The van der Waals surface area contributed by atoms with Gasteiger partial charge in [-0.1, -0.05) is 42.5 Å². The van der Waals surface area contributed by atoms with Crippen LogP contribution in [0.1, 0.15) is 33.9 Å². The van der Waals surface area contributed by atoms with Crippen molar-refractivity contribution in [2.24, 2.45) is 0 Å². The van der Waals surface area contributed by atoms with Crippen LogP contribution in [0.15, 0.2) is 102 Å². The largest absolute Gasteiger partial charge is 0.489 e. The number of anilines is 1. The Morgan fingerprint density at radius 2 is 1.32 bits per heavy atom. The van der Waals surface area contributed by atoms with E-state index in [-0.39, 0.29) is 41.1 Å². The molecule has 4 rings (SSSR count). The highest BCUT2D eigenvalue weighted by Crippen LogP contribution is 2.38. The third-order valence-electron chi connectivity index (χ3n) is 6.47. The summed E-state index contributed by atoms with van der Waals surface area (Å²) in [6, 6.07) is 19.7. The van der Waals surface area contributed by atoms with E-state index in [0.717, 1.165) is 24.3 Å². The van der Waals surface area contributed by atoms with Crippen molar-refractivity contribution >= 4 is 17.4 Å². The number of ether oxygens (including phenoxy) is 1. The predicted molar refractivity (Wildman–Crippen MR) is 148 cm³/mol. The van der Waals surface area contributed by atoms with Gasteiger partial charge in [0, 0.05) is 23.2 Å². The summed E-state index contributed by atoms with van der Waals surface area (Å²) in [6.45, 7) is -0.848. The molecule has 4 aromatic rings. The van der Waals surface area contributed by atoms with Gasteiger partial charge in [-0.15, -0.1) is 0 Å². The monoisotopic (exact) mass is 645 g/mol. The van der Waals surface area contributed by atoms with Crippen molar-refractivity contribution in [2.45, 2.75) is 41.9 Å². The highest BCUT2D eigenvalue weighted by molar-refractivity contribution is 8.00. The van der Waals surface area contributed by atoms with Crippen LogP contribution in [-0.2, 0) is 25.5 Å². The quantitative estimate of drug-likeness (QED) is 0.138. The second-order valence-corrected chi connectivity index (χ2v) is 10.8. The third kappa shape index (κ3) is 9.08. The molecular weight excluding hydrogens is 621 g/mol. The Hall–Kier alpha value is -3.84. The normalized spacial score (nSPS) is 13.0. The molecule has 0 amide bonds. The number of halogens is 9. The van der Waals surface area contributed by atoms with E-state index >= 15 is 0 Å². The van der Waals surface area contributed by atoms with E-state index in [1.807, 2.05) is 0 Å². The highest BCUT2D eigenvalue weighted by Gasteiger charge is 2.32. The lowest BCUT2D eigenvalue weighted by molar-refractivity contribution is -0.138. The molecule has 234 valence electrons. The van der Waals surface area contributed by atoms with Crippen LogP contribution >= 0.6 is 11.8 Å². The smallest absolute Gasteiger partial charge is 0.446 e. The van der Waals surface area contributed by atoms with Crippen molar-refractivity contribution in [3.05, 3.63) is 125 Å². The first-order chi connectivity index (χ1) is 20.6. The number of nitrogens with zero attached hydrogens (tertiary/aromatic N) is 1. The Morgan fingerprint density at radius 3 is 1.95 bits per heavy atom. The number of aliphatic hydroxyl groups excluding tert-OH is 1. The summed E-state index contributed by atoms with van der Waals surface area (Å²) in [5.41, 5.74) is -4.91. The fourth-order valence-electron chi connectivity index (χ4n) is 4.45. The van der Waals surface area contributed by atoms with Crippen LogP contribution in [0.3, 0.4) is 0 Å². The second-order valence-electron chi connectivity index (χ2n) is 9.63. The molecular formula is C31H24F9NO2S. The van der Waals surface area contributed by atoms with Crippen molar-refractivity contribution in [1.82, 2.24) is 0 Å². The van der Waals surface area contributed by atoms with Crippen LogP contribution in [-0.4, -0.2) is 17.2 Å². The average Bonchev–Trinajstić information content (AvgIpc) is 2.95. The molecule has 0 saturated heterocycles. The summed E-state index contributed by atoms with van der Waals surface area (Å²) < 4.78 is 124. The van der Waals surface area contributed by atoms with Gasteiger partial charge < -0.3 is 14.7 Å². The topological polar surface area (TPSA) is 32.7 Å². The fourth-order valence-corrected chi connectivity index (χ4v) is 5.08. The first-order valence-corrected chi connectivity index (χ1v) is 13.7. The summed E-state index contributed by atoms with van der Waals surface area (Å²) in [4.78, 5) is 1.51. The number of hydrogen-bond acceptors (Lipinski definition) is 4.